The molecule has 2 heterocycles. The minimum absolute atomic E-state index is 0.000465. The van der Waals surface area contributed by atoms with E-state index in [9.17, 15) is 32.4 Å². The Balaban J connectivity index is 1.86. The number of nitrogens with one attached hydrogen (secondary N) is 3. The molecule has 0 bridgehead atoms. The molecule has 2 fully saturated rings. The Morgan fingerprint density at radius 2 is 1.59 bits per heavy atom. The minimum Gasteiger partial charge on any atom is -0.379 e. The highest BCUT2D eigenvalue weighted by Gasteiger charge is 2.46. The van der Waals surface area contributed by atoms with Gasteiger partial charge in [-0.3, -0.25) is 43.4 Å². The summed E-state index contributed by atoms with van der Waals surface area (Å²) in [6.07, 6.45) is 0.794. The van der Waals surface area contributed by atoms with E-state index < -0.39 is 81.5 Å². The highest BCUT2D eigenvalue weighted by atomic mass is 32.2. The fourth-order valence-electron chi connectivity index (χ4n) is 8.40. The third-order valence-corrected chi connectivity index (χ3v) is 14.0. The van der Waals surface area contributed by atoms with Gasteiger partial charge in [-0.1, -0.05) is 61.0 Å². The molecule has 1 aliphatic carbocycles. The van der Waals surface area contributed by atoms with Gasteiger partial charge < -0.3 is 29.9 Å². The van der Waals surface area contributed by atoms with E-state index in [-0.39, 0.29) is 61.3 Å². The number of amides is 5. The van der Waals surface area contributed by atoms with E-state index in [1.54, 1.807) is 42.0 Å². The zero-order valence-electron chi connectivity index (χ0n) is 38.1. The summed E-state index contributed by atoms with van der Waals surface area (Å²) in [6.45, 7) is 13.3. The van der Waals surface area contributed by atoms with Gasteiger partial charge in [-0.05, 0) is 56.8 Å². The number of carbonyl (C=O) groups excluding carboxylic acids is 5. The molecule has 2 aliphatic rings. The van der Waals surface area contributed by atoms with Crippen LogP contribution in [0.5, 0.6) is 0 Å². The zero-order chi connectivity index (χ0) is 45.9. The summed E-state index contributed by atoms with van der Waals surface area (Å²) in [5, 5.41) is 5.07. The molecule has 1 aliphatic heterocycles. The number of pyridine rings is 1. The SMILES string of the molecule is CC[C@H](C)[C@@H]([C@@H](CC(=O)N1C[C@H](ON)C[C@H]1[C@H](OC)[C@@H](C)C(=O)N[C@@H](Cc1ccccn1)C(=O)NS(=O)(=O)C1CC1)OC)N(C)C(=O)[C@@H](NC(=O)[C@H](C(C)C)N(C)C)C(C)C. The van der Waals surface area contributed by atoms with Crippen molar-refractivity contribution in [2.45, 2.75) is 141 Å². The molecule has 0 radical (unpaired) electrons. The molecule has 1 saturated heterocycles. The normalized spacial score (nSPS) is 21.0. The number of rotatable bonds is 24. The van der Waals surface area contributed by atoms with Gasteiger partial charge in [0, 0.05) is 52.5 Å². The van der Waals surface area contributed by atoms with Crippen LogP contribution in [0, 0.1) is 23.7 Å². The summed E-state index contributed by atoms with van der Waals surface area (Å²) in [4.78, 5) is 84.2. The van der Waals surface area contributed by atoms with Crippen LogP contribution in [-0.4, -0.2) is 153 Å². The summed E-state index contributed by atoms with van der Waals surface area (Å²) < 4.78 is 39.5. The number of methoxy groups -OCH3 is 2. The molecule has 18 nitrogen and oxygen atoms in total. The van der Waals surface area contributed by atoms with Gasteiger partial charge in [0.15, 0.2) is 0 Å². The van der Waals surface area contributed by atoms with Gasteiger partial charge in [-0.25, -0.2) is 14.3 Å². The number of likely N-dealkylation sites (N-methyl/N-ethyl adjacent to an activating group) is 2. The molecule has 0 unspecified atom stereocenters. The van der Waals surface area contributed by atoms with E-state index in [1.165, 1.54) is 20.4 Å². The van der Waals surface area contributed by atoms with E-state index in [0.717, 1.165) is 0 Å². The lowest BCUT2D eigenvalue weighted by molar-refractivity contribution is -0.148. The lowest BCUT2D eigenvalue weighted by atomic mass is 9.89. The summed E-state index contributed by atoms with van der Waals surface area (Å²) in [7, 11) is 4.31. The first-order chi connectivity index (χ1) is 28.6. The molecule has 1 aromatic rings. The van der Waals surface area contributed by atoms with Gasteiger partial charge in [-0.15, -0.1) is 0 Å². The van der Waals surface area contributed by atoms with Crippen LogP contribution in [0.4, 0.5) is 0 Å². The van der Waals surface area contributed by atoms with Crippen molar-refractivity contribution in [2.75, 3.05) is 41.9 Å². The molecule has 10 atom stereocenters. The van der Waals surface area contributed by atoms with E-state index in [1.807, 2.05) is 60.5 Å². The van der Waals surface area contributed by atoms with E-state index in [2.05, 4.69) is 20.3 Å². The lowest BCUT2D eigenvalue weighted by Gasteiger charge is -2.41. The van der Waals surface area contributed by atoms with Crippen LogP contribution in [-0.2, 0) is 54.7 Å². The molecule has 346 valence electrons. The number of nitrogens with zero attached hydrogens (tertiary/aromatic N) is 4. The topological polar surface area (TPSA) is 232 Å². The molecule has 61 heavy (non-hydrogen) atoms. The van der Waals surface area contributed by atoms with Crippen molar-refractivity contribution in [3.8, 4) is 0 Å². The van der Waals surface area contributed by atoms with Crippen molar-refractivity contribution in [1.29, 1.82) is 0 Å². The van der Waals surface area contributed by atoms with Gasteiger partial charge in [0.1, 0.15) is 12.1 Å². The Morgan fingerprint density at radius 1 is 0.934 bits per heavy atom. The van der Waals surface area contributed by atoms with Crippen LogP contribution in [0.1, 0.15) is 86.3 Å². The zero-order valence-corrected chi connectivity index (χ0v) is 38.9. The molecule has 3 rings (SSSR count). The Kier molecular flexibility index (Phi) is 19.5. The van der Waals surface area contributed by atoms with Crippen LogP contribution in [0.2, 0.25) is 0 Å². The van der Waals surface area contributed by atoms with Crippen molar-refractivity contribution in [1.82, 2.24) is 35.0 Å². The standard InChI is InChI=1S/C42H72N8O10S/c1-13-26(6)37(49(10)42(55)35(24(2)3)46-41(54)36(25(4)5)48(8)9)33(58-11)22-34(51)50-23-29(60-43)21-32(50)38(59-12)27(7)39(52)45-31(20-28-16-14-15-19-44-28)40(53)47-61(56,57)30-17-18-30/h14-16,19,24-27,29-33,35-38H,13,17-18,20-23,43H2,1-12H3,(H,45,52)(H,46,54)(H,47,53)/t26-,27+,29+,31-,32-,33+,35-,36-,37-,38+/m0/s1. The number of hydrogen-bond donors (Lipinski definition) is 4. The highest BCUT2D eigenvalue weighted by molar-refractivity contribution is 7.90. The molecule has 0 spiro atoms. The van der Waals surface area contributed by atoms with Crippen molar-refractivity contribution in [3.63, 3.8) is 0 Å². The first kappa shape index (κ1) is 51.6. The van der Waals surface area contributed by atoms with Crippen molar-refractivity contribution in [2.24, 2.45) is 29.6 Å². The summed E-state index contributed by atoms with van der Waals surface area (Å²) in [5.41, 5.74) is 0.461. The molecule has 19 heteroatoms. The maximum Gasteiger partial charge on any atom is 0.256 e. The molecule has 0 aromatic carbocycles. The number of ether oxygens (including phenoxy) is 2. The average molecular weight is 881 g/mol. The Hall–Kier alpha value is -3.75. The second-order valence-electron chi connectivity index (χ2n) is 17.6. The lowest BCUT2D eigenvalue weighted by Crippen LogP contribution is -2.59. The third-order valence-electron chi connectivity index (χ3n) is 12.1. The number of likely N-dealkylation sites (tertiary alicyclic amines) is 1. The molecule has 5 N–H and O–H groups in total. The fraction of sp³-hybridized carbons (Fsp3) is 0.762. The van der Waals surface area contributed by atoms with Crippen molar-refractivity contribution in [3.05, 3.63) is 30.1 Å². The number of carbonyl (C=O) groups is 5. The smallest absolute Gasteiger partial charge is 0.256 e. The maximum atomic E-state index is 14.5. The van der Waals surface area contributed by atoms with Gasteiger partial charge >= 0.3 is 0 Å². The van der Waals surface area contributed by atoms with Crippen LogP contribution in [0.25, 0.3) is 0 Å². The number of sulfonamides is 1. The van der Waals surface area contributed by atoms with Gasteiger partial charge in [-0.2, -0.15) is 0 Å². The van der Waals surface area contributed by atoms with Crippen molar-refractivity contribution >= 4 is 39.6 Å². The van der Waals surface area contributed by atoms with Crippen LogP contribution < -0.4 is 21.3 Å². The average Bonchev–Trinajstić information content (AvgIpc) is 3.99. The Labute approximate surface area is 362 Å². The van der Waals surface area contributed by atoms with Crippen LogP contribution in [0.15, 0.2) is 24.4 Å². The molecule has 5 amide bonds. The Bertz CT molecular complexity index is 1720. The van der Waals surface area contributed by atoms with E-state index >= 15 is 0 Å². The number of aromatic nitrogens is 1. The largest absolute Gasteiger partial charge is 0.379 e. The summed E-state index contributed by atoms with van der Waals surface area (Å²) in [6, 6.07) is 1.23. The second kappa shape index (κ2) is 23.1. The van der Waals surface area contributed by atoms with Gasteiger partial charge in [0.05, 0.1) is 54.0 Å². The second-order valence-corrected chi connectivity index (χ2v) is 19.5. The van der Waals surface area contributed by atoms with Crippen molar-refractivity contribution < 1.29 is 46.7 Å². The van der Waals surface area contributed by atoms with Crippen LogP contribution in [0.3, 0.4) is 0 Å². The molecule has 1 saturated carbocycles. The highest BCUT2D eigenvalue weighted by Crippen LogP contribution is 2.31. The molecule has 1 aromatic heterocycles. The molecular weight excluding hydrogens is 809 g/mol. The summed E-state index contributed by atoms with van der Waals surface area (Å²) >= 11 is 0. The maximum absolute atomic E-state index is 14.5. The van der Waals surface area contributed by atoms with E-state index in [0.29, 0.717) is 25.0 Å². The first-order valence-corrected chi connectivity index (χ1v) is 22.9. The third kappa shape index (κ3) is 13.6. The van der Waals surface area contributed by atoms with Gasteiger partial charge in [0.2, 0.25) is 33.7 Å². The fourth-order valence-corrected chi connectivity index (χ4v) is 9.75. The minimum atomic E-state index is -3.91. The number of nitrogens with two attached hydrogens (primary N) is 1. The quantitative estimate of drug-likeness (QED) is 0.107. The molecular formula is C42H72N8O10S. The predicted octanol–water partition coefficient (Wildman–Crippen LogP) is 1.23. The monoisotopic (exact) mass is 881 g/mol. The van der Waals surface area contributed by atoms with Gasteiger partial charge in [0.25, 0.3) is 5.91 Å². The predicted molar refractivity (Wildman–Crippen MR) is 230 cm³/mol. The summed E-state index contributed by atoms with van der Waals surface area (Å²) in [5.74, 6) is 1.94. The number of hydrogen-bond acceptors (Lipinski definition) is 13. The first-order valence-electron chi connectivity index (χ1n) is 21.3. The van der Waals surface area contributed by atoms with Crippen LogP contribution >= 0.6 is 0 Å². The Morgan fingerprint density at radius 3 is 2.08 bits per heavy atom. The van der Waals surface area contributed by atoms with E-state index in [4.69, 9.17) is 20.2 Å².